The van der Waals surface area contributed by atoms with Crippen molar-refractivity contribution in [1.82, 2.24) is 15.0 Å². The number of aryl methyl sites for hydroxylation is 1. The van der Waals surface area contributed by atoms with E-state index >= 15 is 4.39 Å². The number of hydrogen-bond acceptors (Lipinski definition) is 7. The number of nitrogens with zero attached hydrogens (tertiary/aromatic N) is 3. The zero-order valence-electron chi connectivity index (χ0n) is 19.1. The summed E-state index contributed by atoms with van der Waals surface area (Å²) in [6.45, 7) is 1.46. The van der Waals surface area contributed by atoms with Crippen LogP contribution >= 0.6 is 11.6 Å². The lowest BCUT2D eigenvalue weighted by Crippen LogP contribution is -2.28. The van der Waals surface area contributed by atoms with E-state index in [9.17, 15) is 17.9 Å². The van der Waals surface area contributed by atoms with Crippen LogP contribution in [-0.4, -0.2) is 40.6 Å². The second kappa shape index (κ2) is 10.7. The van der Waals surface area contributed by atoms with Gasteiger partial charge in [0.1, 0.15) is 10.7 Å². The van der Waals surface area contributed by atoms with Crippen molar-refractivity contribution in [2.24, 2.45) is 0 Å². The van der Waals surface area contributed by atoms with E-state index in [-0.39, 0.29) is 27.8 Å². The predicted molar refractivity (Wildman–Crippen MR) is 131 cm³/mol. The maximum atomic E-state index is 15.0. The van der Waals surface area contributed by atoms with Crippen molar-refractivity contribution < 1.29 is 22.3 Å². The number of aliphatic hydroxyl groups is 1. The fourth-order valence-electron chi connectivity index (χ4n) is 3.71. The van der Waals surface area contributed by atoms with Crippen LogP contribution in [0.4, 0.5) is 20.4 Å². The molecule has 36 heavy (non-hydrogen) atoms. The zero-order valence-corrected chi connectivity index (χ0v) is 20.7. The van der Waals surface area contributed by atoms with E-state index in [0.717, 1.165) is 25.0 Å². The predicted octanol–water partition coefficient (Wildman–Crippen LogP) is 4.03. The highest BCUT2D eigenvalue weighted by molar-refractivity contribution is 7.92. The van der Waals surface area contributed by atoms with E-state index in [0.29, 0.717) is 24.4 Å². The summed E-state index contributed by atoms with van der Waals surface area (Å²) in [7, 11) is -4.25. The lowest BCUT2D eigenvalue weighted by atomic mass is 9.93. The van der Waals surface area contributed by atoms with Gasteiger partial charge in [-0.05, 0) is 50.8 Å². The molecule has 2 heterocycles. The topological polar surface area (TPSA) is 117 Å². The Labute approximate surface area is 212 Å². The summed E-state index contributed by atoms with van der Waals surface area (Å²) in [5.41, 5.74) is -0.619. The molecule has 0 atom stereocenters. The Bertz CT molecular complexity index is 1430. The molecule has 12 heteroatoms. The normalized spacial score (nSPS) is 17.7. The molecule has 1 fully saturated rings. The molecule has 0 unspecified atom stereocenters. The summed E-state index contributed by atoms with van der Waals surface area (Å²) in [5, 5.41) is 12.9. The first kappa shape index (κ1) is 25.8. The van der Waals surface area contributed by atoms with Gasteiger partial charge < -0.3 is 10.4 Å². The van der Waals surface area contributed by atoms with Crippen molar-refractivity contribution in [3.8, 4) is 11.8 Å². The number of nitrogens with one attached hydrogen (secondary N) is 2. The molecule has 1 aromatic carbocycles. The van der Waals surface area contributed by atoms with Crippen LogP contribution in [-0.2, 0) is 10.0 Å². The summed E-state index contributed by atoms with van der Waals surface area (Å²) in [6, 6.07) is 3.23. The summed E-state index contributed by atoms with van der Waals surface area (Å²) < 4.78 is 57.0. The number of pyridine rings is 1. The van der Waals surface area contributed by atoms with Gasteiger partial charge in [0.25, 0.3) is 10.0 Å². The van der Waals surface area contributed by atoms with Gasteiger partial charge in [-0.25, -0.2) is 27.2 Å². The second-order valence-electron chi connectivity index (χ2n) is 8.32. The van der Waals surface area contributed by atoms with E-state index in [2.05, 4.69) is 36.8 Å². The molecule has 0 bridgehead atoms. The van der Waals surface area contributed by atoms with Crippen molar-refractivity contribution in [3.63, 3.8) is 0 Å². The first-order chi connectivity index (χ1) is 17.1. The summed E-state index contributed by atoms with van der Waals surface area (Å²) in [6.07, 6.45) is 6.88. The lowest BCUT2D eigenvalue weighted by Gasteiger charge is -2.25. The first-order valence-electron chi connectivity index (χ1n) is 11.0. The molecule has 0 spiro atoms. The van der Waals surface area contributed by atoms with Crippen LogP contribution in [0.5, 0.6) is 0 Å². The summed E-state index contributed by atoms with van der Waals surface area (Å²) >= 11 is 5.85. The third-order valence-electron chi connectivity index (χ3n) is 5.65. The van der Waals surface area contributed by atoms with E-state index < -0.39 is 32.9 Å². The number of anilines is 2. The van der Waals surface area contributed by atoms with E-state index in [1.165, 1.54) is 31.6 Å². The maximum Gasteiger partial charge on any atom is 0.263 e. The van der Waals surface area contributed by atoms with Crippen LogP contribution in [0.2, 0.25) is 5.02 Å². The van der Waals surface area contributed by atoms with E-state index in [1.807, 2.05) is 0 Å². The molecule has 188 valence electrons. The Morgan fingerprint density at radius 3 is 2.44 bits per heavy atom. The van der Waals surface area contributed by atoms with E-state index in [1.54, 1.807) is 0 Å². The number of hydrogen-bond donors (Lipinski definition) is 3. The largest absolute Gasteiger partial charge is 0.393 e. The van der Waals surface area contributed by atoms with Crippen molar-refractivity contribution >= 4 is 33.3 Å². The first-order valence-corrected chi connectivity index (χ1v) is 12.9. The van der Waals surface area contributed by atoms with Crippen LogP contribution in [0.15, 0.2) is 41.7 Å². The number of sulfonamides is 1. The van der Waals surface area contributed by atoms with Crippen LogP contribution in [0.1, 0.15) is 42.5 Å². The number of aliphatic hydroxyl groups excluding tert-OH is 1. The van der Waals surface area contributed by atoms with Crippen molar-refractivity contribution in [1.29, 1.82) is 0 Å². The third kappa shape index (κ3) is 6.07. The molecular weight excluding hydrogens is 512 g/mol. The molecule has 1 saturated carbocycles. The van der Waals surface area contributed by atoms with Crippen LogP contribution in [0.3, 0.4) is 0 Å². The van der Waals surface area contributed by atoms with E-state index in [4.69, 9.17) is 11.6 Å². The average Bonchev–Trinajstić information content (AvgIpc) is 2.84. The molecule has 2 aromatic heterocycles. The summed E-state index contributed by atoms with van der Waals surface area (Å²) in [4.78, 5) is 12.0. The quantitative estimate of drug-likeness (QED) is 0.424. The van der Waals surface area contributed by atoms with Crippen molar-refractivity contribution in [2.45, 2.75) is 49.6 Å². The Morgan fingerprint density at radius 2 is 1.75 bits per heavy atom. The number of rotatable bonds is 5. The molecule has 1 aliphatic carbocycles. The highest BCUT2D eigenvalue weighted by Crippen LogP contribution is 2.26. The van der Waals surface area contributed by atoms with Gasteiger partial charge in [0.15, 0.2) is 5.82 Å². The van der Waals surface area contributed by atoms with Gasteiger partial charge in [-0.1, -0.05) is 23.4 Å². The SMILES string of the molecule is Cc1ncc(Cl)cc1S(=O)(=O)Nc1ccc(F)c(C#Cc2cnc(NC3CCC(O)CC3)nc2)c1F. The van der Waals surface area contributed by atoms with Gasteiger partial charge in [-0.2, -0.15) is 0 Å². The molecular formula is C24H22ClF2N5O3S. The monoisotopic (exact) mass is 533 g/mol. The van der Waals surface area contributed by atoms with Crippen LogP contribution in [0, 0.1) is 30.4 Å². The second-order valence-corrected chi connectivity index (χ2v) is 10.4. The molecule has 3 N–H and O–H groups in total. The fraction of sp³-hybridized carbons (Fsp3) is 0.292. The van der Waals surface area contributed by atoms with Gasteiger partial charge in [-0.15, -0.1) is 0 Å². The molecule has 3 aromatic rings. The smallest absolute Gasteiger partial charge is 0.263 e. The van der Waals surface area contributed by atoms with Crippen LogP contribution in [0.25, 0.3) is 0 Å². The van der Waals surface area contributed by atoms with Gasteiger partial charge >= 0.3 is 0 Å². The standard InChI is InChI=1S/C24H22ClF2N5O3S/c1-14-22(10-16(25)13-28-14)36(34,35)32-21-9-8-20(26)19(23(21)27)7-2-15-11-29-24(30-12-15)31-17-3-5-18(33)6-4-17/h8-13,17-18,32-33H,3-6H2,1H3,(H,29,30,31). The Kier molecular flexibility index (Phi) is 7.68. The Morgan fingerprint density at radius 1 is 1.06 bits per heavy atom. The summed E-state index contributed by atoms with van der Waals surface area (Å²) in [5.74, 6) is 3.26. The molecule has 0 radical (unpaired) electrons. The number of aromatic nitrogens is 3. The average molecular weight is 534 g/mol. The molecule has 0 aliphatic heterocycles. The number of halogens is 3. The van der Waals surface area contributed by atoms with Crippen LogP contribution < -0.4 is 10.0 Å². The zero-order chi connectivity index (χ0) is 25.9. The Hall–Kier alpha value is -3.33. The van der Waals surface area contributed by atoms with Gasteiger partial charge in [0.05, 0.1) is 33.6 Å². The van der Waals surface area contributed by atoms with Crippen molar-refractivity contribution in [3.05, 3.63) is 70.3 Å². The fourth-order valence-corrected chi connectivity index (χ4v) is 5.21. The maximum absolute atomic E-state index is 15.0. The molecule has 1 aliphatic rings. The minimum absolute atomic E-state index is 0.0908. The Balaban J connectivity index is 1.52. The van der Waals surface area contributed by atoms with Crippen molar-refractivity contribution in [2.75, 3.05) is 10.0 Å². The highest BCUT2D eigenvalue weighted by Gasteiger charge is 2.22. The minimum Gasteiger partial charge on any atom is -0.393 e. The van der Waals surface area contributed by atoms with Gasteiger partial charge in [0, 0.05) is 24.6 Å². The van der Waals surface area contributed by atoms with Gasteiger partial charge in [-0.3, -0.25) is 9.71 Å². The molecule has 0 saturated heterocycles. The van der Waals surface area contributed by atoms with Gasteiger partial charge in [0.2, 0.25) is 5.95 Å². The lowest BCUT2D eigenvalue weighted by molar-refractivity contribution is 0.126. The highest BCUT2D eigenvalue weighted by atomic mass is 35.5. The third-order valence-corrected chi connectivity index (χ3v) is 7.33. The molecule has 0 amide bonds. The molecule has 8 nitrogen and oxygen atoms in total. The molecule has 4 rings (SSSR count). The number of benzene rings is 1. The minimum atomic E-state index is -4.25.